The van der Waals surface area contributed by atoms with Gasteiger partial charge in [-0.15, -0.1) is 0 Å². The molecule has 0 spiro atoms. The first-order valence-electron chi connectivity index (χ1n) is 8.74. The van der Waals surface area contributed by atoms with Crippen molar-refractivity contribution in [2.75, 3.05) is 13.6 Å². The van der Waals surface area contributed by atoms with Gasteiger partial charge in [-0.25, -0.2) is 0 Å². The van der Waals surface area contributed by atoms with Crippen LogP contribution in [0.1, 0.15) is 12.8 Å². The molecule has 0 saturated carbocycles. The third kappa shape index (κ3) is 10.6. The van der Waals surface area contributed by atoms with Crippen LogP contribution in [0.3, 0.4) is 0 Å². The van der Waals surface area contributed by atoms with Crippen LogP contribution in [0.2, 0.25) is 39.3 Å². The topological polar surface area (TPSA) is 36.9 Å². The Morgan fingerprint density at radius 3 is 1.44 bits per heavy atom. The number of hydrogen-bond donors (Lipinski definition) is 0. The Hall–Kier alpha value is 0.377. The predicted molar refractivity (Wildman–Crippen MR) is 102 cm³/mol. The summed E-state index contributed by atoms with van der Waals surface area (Å²) in [7, 11) is -3.07. The predicted octanol–water partition coefficient (Wildman–Crippen LogP) is -0.929. The molecule has 0 saturated heterocycles. The van der Waals surface area contributed by atoms with E-state index in [4.69, 9.17) is 18.3 Å². The van der Waals surface area contributed by atoms with E-state index in [2.05, 4.69) is 63.6 Å². The van der Waals surface area contributed by atoms with Crippen molar-refractivity contribution in [2.24, 2.45) is 0 Å². The van der Waals surface area contributed by atoms with E-state index in [0.29, 0.717) is 13.6 Å². The Labute approximate surface area is 190 Å². The van der Waals surface area contributed by atoms with E-state index in [1.54, 1.807) is 0 Å². The van der Waals surface area contributed by atoms with Gasteiger partial charge < -0.3 is 24.8 Å². The molecule has 0 heterocycles. The molecule has 0 fully saturated rings. The third-order valence-corrected chi connectivity index (χ3v) is 9.16. The van der Waals surface area contributed by atoms with Crippen LogP contribution in [0, 0.1) is 0 Å². The zero-order valence-electron chi connectivity index (χ0n) is 17.0. The van der Waals surface area contributed by atoms with Crippen molar-refractivity contribution >= 4 is 16.6 Å². The fourth-order valence-electron chi connectivity index (χ4n) is 2.19. The number of halogens is 2. The van der Waals surface area contributed by atoms with Gasteiger partial charge in [0.25, 0.3) is 0 Å². The summed E-state index contributed by atoms with van der Waals surface area (Å²) in [6, 6.07) is 0. The molecule has 0 aliphatic heterocycles. The zero-order valence-corrected chi connectivity index (χ0v) is 23.0. The van der Waals surface area contributed by atoms with Crippen molar-refractivity contribution in [2.45, 2.75) is 52.1 Å². The fraction of sp³-hybridized carbons (Fsp3) is 0.556. The van der Waals surface area contributed by atoms with Gasteiger partial charge in [0.2, 0.25) is 0 Å². The van der Waals surface area contributed by atoms with Crippen LogP contribution < -0.4 is 24.8 Å². The molecule has 0 unspecified atom stereocenters. The molecule has 2 rings (SSSR count). The molecule has 4 nitrogen and oxygen atoms in total. The van der Waals surface area contributed by atoms with Crippen LogP contribution in [-0.2, 0) is 41.6 Å². The second-order valence-electron chi connectivity index (χ2n) is 8.06. The number of ether oxygens (including phenoxy) is 2. The summed E-state index contributed by atoms with van der Waals surface area (Å²) in [5.41, 5.74) is 0. The van der Waals surface area contributed by atoms with Crippen LogP contribution in [0.5, 0.6) is 0 Å². The van der Waals surface area contributed by atoms with Crippen LogP contribution in [0.25, 0.3) is 0 Å². The van der Waals surface area contributed by atoms with E-state index in [1.165, 1.54) is 6.56 Å². The number of rotatable bonds is 10. The summed E-state index contributed by atoms with van der Waals surface area (Å²) in [6.45, 7) is 13.8. The summed E-state index contributed by atoms with van der Waals surface area (Å²) >= 11 is -0.881. The Kier molecular flexibility index (Phi) is 12.3. The standard InChI is InChI=1S/2C9H15O2Si.2ClH.Zr/c2*1-12(2,3)11-8-10-9-6-4-5-7-9;;;/h2*4,6H,5,8H2,1-3H3;2*1H;/q;;;;+2/p-2. The van der Waals surface area contributed by atoms with Crippen molar-refractivity contribution in [3.63, 3.8) is 0 Å². The van der Waals surface area contributed by atoms with Crippen LogP contribution in [-0.4, -0.2) is 30.2 Å². The van der Waals surface area contributed by atoms with Gasteiger partial charge in [-0.1, -0.05) is 0 Å². The molecule has 0 amide bonds. The summed E-state index contributed by atoms with van der Waals surface area (Å²) < 4.78 is 26.4. The average Bonchev–Trinajstić information content (AvgIpc) is 3.07. The van der Waals surface area contributed by atoms with Crippen LogP contribution in [0.4, 0.5) is 0 Å². The van der Waals surface area contributed by atoms with E-state index < -0.39 is 39.9 Å². The first kappa shape index (κ1) is 27.4. The Morgan fingerprint density at radius 1 is 0.741 bits per heavy atom. The molecular formula is C18H30Cl2O4Si2Zr. The summed E-state index contributed by atoms with van der Waals surface area (Å²) in [4.78, 5) is 0. The minimum Gasteiger partial charge on any atom is -1.00 e. The minimum absolute atomic E-state index is 0. The minimum atomic E-state index is -1.54. The molecule has 0 aromatic rings. The number of allylic oxidation sites excluding steroid dienone is 6. The molecule has 152 valence electrons. The van der Waals surface area contributed by atoms with E-state index in [1.807, 2.05) is 0 Å². The van der Waals surface area contributed by atoms with E-state index in [0.717, 1.165) is 24.4 Å². The SMILES string of the molecule is C[Si](C)(C)OCOC1=[C]([Zr+2][C]2=C(OCO[Si](C)(C)C)C=CC2)CC=C1.[Cl-].[Cl-]. The summed E-state index contributed by atoms with van der Waals surface area (Å²) in [5.74, 6) is 2.06. The molecule has 2 aliphatic carbocycles. The molecule has 0 aromatic heterocycles. The second kappa shape index (κ2) is 12.2. The Morgan fingerprint density at radius 2 is 1.11 bits per heavy atom. The maximum absolute atomic E-state index is 5.91. The maximum Gasteiger partial charge on any atom is -1.00 e. The van der Waals surface area contributed by atoms with E-state index >= 15 is 0 Å². The van der Waals surface area contributed by atoms with Gasteiger partial charge in [0, 0.05) is 0 Å². The quantitative estimate of drug-likeness (QED) is 0.271. The molecule has 0 N–H and O–H groups in total. The van der Waals surface area contributed by atoms with E-state index in [9.17, 15) is 0 Å². The third-order valence-electron chi connectivity index (χ3n) is 3.49. The zero-order chi connectivity index (χ0) is 18.5. The fourth-order valence-corrected chi connectivity index (χ4v) is 6.36. The number of hydrogen-bond acceptors (Lipinski definition) is 4. The summed E-state index contributed by atoms with van der Waals surface area (Å²) in [5, 5.41) is 0. The van der Waals surface area contributed by atoms with Gasteiger partial charge in [-0.05, 0) is 0 Å². The van der Waals surface area contributed by atoms with Gasteiger partial charge in [0.05, 0.1) is 0 Å². The largest absolute Gasteiger partial charge is 1.00 e. The van der Waals surface area contributed by atoms with Gasteiger partial charge >= 0.3 is 166 Å². The average molecular weight is 529 g/mol. The first-order valence-corrected chi connectivity index (χ1v) is 18.0. The second-order valence-corrected chi connectivity index (χ2v) is 20.7. The molecule has 0 radical (unpaired) electrons. The van der Waals surface area contributed by atoms with E-state index in [-0.39, 0.29) is 24.8 Å². The molecule has 27 heavy (non-hydrogen) atoms. The van der Waals surface area contributed by atoms with Gasteiger partial charge in [0.1, 0.15) is 0 Å². The molecular weight excluding hydrogens is 498 g/mol. The van der Waals surface area contributed by atoms with Crippen molar-refractivity contribution < 1.29 is 66.4 Å². The Balaban J connectivity index is 0.00000338. The van der Waals surface area contributed by atoms with Gasteiger partial charge in [0.15, 0.2) is 0 Å². The van der Waals surface area contributed by atoms with Crippen molar-refractivity contribution in [3.8, 4) is 0 Å². The summed E-state index contributed by atoms with van der Waals surface area (Å²) in [6.07, 6.45) is 10.6. The van der Waals surface area contributed by atoms with Crippen LogP contribution in [0.15, 0.2) is 42.4 Å². The van der Waals surface area contributed by atoms with Gasteiger partial charge in [-0.2, -0.15) is 0 Å². The smallest absolute Gasteiger partial charge is 1.00 e. The first-order chi connectivity index (χ1) is 11.6. The van der Waals surface area contributed by atoms with Crippen molar-refractivity contribution in [1.29, 1.82) is 0 Å². The molecule has 2 aliphatic rings. The molecule has 0 atom stereocenters. The maximum atomic E-state index is 5.91. The van der Waals surface area contributed by atoms with Gasteiger partial charge in [-0.3, -0.25) is 0 Å². The van der Waals surface area contributed by atoms with Crippen LogP contribution >= 0.6 is 0 Å². The Bertz CT molecular complexity index is 553. The molecule has 0 bridgehead atoms. The van der Waals surface area contributed by atoms with Crippen molar-refractivity contribution in [1.82, 2.24) is 0 Å². The normalized spacial score (nSPS) is 16.2. The van der Waals surface area contributed by atoms with Crippen molar-refractivity contribution in [3.05, 3.63) is 42.4 Å². The molecule has 9 heteroatoms. The monoisotopic (exact) mass is 526 g/mol. The molecule has 0 aromatic carbocycles.